The predicted octanol–water partition coefficient (Wildman–Crippen LogP) is 3.75. The topological polar surface area (TPSA) is 88.3 Å². The Morgan fingerprint density at radius 3 is 2.68 bits per heavy atom. The van der Waals surface area contributed by atoms with E-state index >= 15 is 0 Å². The molecule has 0 radical (unpaired) electrons. The van der Waals surface area contributed by atoms with Gasteiger partial charge in [0.05, 0.1) is 5.97 Å². The molecule has 1 heterocycles. The van der Waals surface area contributed by atoms with Gasteiger partial charge in [-0.25, -0.2) is 0 Å². The van der Waals surface area contributed by atoms with Crippen LogP contribution >= 0.6 is 23.4 Å². The molecule has 2 aromatic carbocycles. The zero-order chi connectivity index (χ0) is 19.9. The van der Waals surface area contributed by atoms with Gasteiger partial charge < -0.3 is 19.1 Å². The molecule has 0 bridgehead atoms. The van der Waals surface area contributed by atoms with Crippen molar-refractivity contribution in [1.82, 2.24) is 10.2 Å². The molecule has 3 aromatic rings. The lowest BCUT2D eigenvalue weighted by Gasteiger charge is -2.12. The van der Waals surface area contributed by atoms with Crippen LogP contribution in [0.2, 0.25) is 5.02 Å². The number of ether oxygens (including phenoxy) is 1. The van der Waals surface area contributed by atoms with Crippen molar-refractivity contribution in [3.05, 3.63) is 75.5 Å². The first kappa shape index (κ1) is 20.0. The maximum absolute atomic E-state index is 11.6. The minimum atomic E-state index is -1.35. The van der Waals surface area contributed by atoms with Gasteiger partial charge in [0.25, 0.3) is 5.22 Å². The van der Waals surface area contributed by atoms with Crippen LogP contribution in [-0.2, 0) is 17.8 Å². The van der Waals surface area contributed by atoms with Gasteiger partial charge in [0.15, 0.2) is 0 Å². The van der Waals surface area contributed by atoms with Crippen LogP contribution < -0.4 is 9.84 Å². The van der Waals surface area contributed by atoms with Gasteiger partial charge in [0.2, 0.25) is 5.89 Å². The maximum atomic E-state index is 11.6. The SMILES string of the molecule is CCc1nnc(S/C(=C/c2ccccc2OCc2ccccc2Cl)C(=O)[O-])o1. The number of hydrogen-bond acceptors (Lipinski definition) is 7. The fourth-order valence-corrected chi connectivity index (χ4v) is 3.16. The number of carbonyl (C=O) groups is 1. The molecule has 0 unspecified atom stereocenters. The first-order chi connectivity index (χ1) is 13.6. The van der Waals surface area contributed by atoms with E-state index in [9.17, 15) is 9.90 Å². The van der Waals surface area contributed by atoms with Crippen molar-refractivity contribution in [2.45, 2.75) is 25.2 Å². The molecular weight excluding hydrogens is 400 g/mol. The van der Waals surface area contributed by atoms with Gasteiger partial charge in [-0.3, -0.25) is 0 Å². The van der Waals surface area contributed by atoms with Crippen LogP contribution in [0.1, 0.15) is 23.9 Å². The lowest BCUT2D eigenvalue weighted by molar-refractivity contribution is -0.298. The highest BCUT2D eigenvalue weighted by atomic mass is 35.5. The summed E-state index contributed by atoms with van der Waals surface area (Å²) in [4.78, 5) is 11.5. The van der Waals surface area contributed by atoms with Gasteiger partial charge in [0, 0.05) is 27.5 Å². The Kier molecular flexibility index (Phi) is 6.73. The third-order valence-electron chi connectivity index (χ3n) is 3.70. The van der Waals surface area contributed by atoms with Gasteiger partial charge in [-0.1, -0.05) is 54.9 Å². The third kappa shape index (κ3) is 5.15. The summed E-state index contributed by atoms with van der Waals surface area (Å²) in [5.74, 6) is -0.396. The average molecular weight is 416 g/mol. The van der Waals surface area contributed by atoms with E-state index in [2.05, 4.69) is 10.2 Å². The number of para-hydroxylation sites is 1. The summed E-state index contributed by atoms with van der Waals surface area (Å²) in [5.41, 5.74) is 1.41. The van der Waals surface area contributed by atoms with Crippen LogP contribution in [0.5, 0.6) is 5.75 Å². The summed E-state index contributed by atoms with van der Waals surface area (Å²) < 4.78 is 11.2. The highest BCUT2D eigenvalue weighted by Crippen LogP contribution is 2.30. The Bertz CT molecular complexity index is 1000. The molecule has 144 valence electrons. The number of carbonyl (C=O) groups excluding carboxylic acids is 1. The number of thioether (sulfide) groups is 1. The molecule has 8 heteroatoms. The van der Waals surface area contributed by atoms with Crippen LogP contribution in [0.3, 0.4) is 0 Å². The summed E-state index contributed by atoms with van der Waals surface area (Å²) in [6.07, 6.45) is 2.02. The fourth-order valence-electron chi connectivity index (χ4n) is 2.29. The summed E-state index contributed by atoms with van der Waals surface area (Å²) in [6, 6.07) is 14.4. The number of aryl methyl sites for hydroxylation is 1. The molecule has 6 nitrogen and oxygen atoms in total. The molecule has 1 aromatic heterocycles. The number of carboxylic acids is 1. The van der Waals surface area contributed by atoms with E-state index in [1.165, 1.54) is 6.08 Å². The van der Waals surface area contributed by atoms with E-state index in [0.29, 0.717) is 28.6 Å². The van der Waals surface area contributed by atoms with Crippen molar-refractivity contribution in [3.8, 4) is 5.75 Å². The Hall–Kier alpha value is -2.77. The van der Waals surface area contributed by atoms with Gasteiger partial charge in [-0.2, -0.15) is 0 Å². The number of rotatable bonds is 8. The molecule has 0 spiro atoms. The Balaban J connectivity index is 1.82. The van der Waals surface area contributed by atoms with Crippen LogP contribution in [0.4, 0.5) is 0 Å². The van der Waals surface area contributed by atoms with Crippen molar-refractivity contribution in [2.75, 3.05) is 0 Å². The molecule has 0 N–H and O–H groups in total. The first-order valence-electron chi connectivity index (χ1n) is 8.45. The monoisotopic (exact) mass is 415 g/mol. The minimum absolute atomic E-state index is 0.0694. The zero-order valence-corrected chi connectivity index (χ0v) is 16.5. The minimum Gasteiger partial charge on any atom is -0.544 e. The number of carboxylic acid groups (broad SMARTS) is 1. The molecule has 0 aliphatic rings. The van der Waals surface area contributed by atoms with Crippen molar-refractivity contribution < 1.29 is 19.1 Å². The maximum Gasteiger partial charge on any atom is 0.281 e. The van der Waals surface area contributed by atoms with Gasteiger partial charge >= 0.3 is 0 Å². The molecule has 3 rings (SSSR count). The van der Waals surface area contributed by atoms with Crippen molar-refractivity contribution in [2.24, 2.45) is 0 Å². The Labute approximate surface area is 171 Å². The zero-order valence-electron chi connectivity index (χ0n) is 14.9. The second-order valence-corrected chi connectivity index (χ2v) is 7.03. The molecule has 0 saturated carbocycles. The second-order valence-electron chi connectivity index (χ2n) is 5.63. The number of nitrogens with zero attached hydrogens (tertiary/aromatic N) is 2. The van der Waals surface area contributed by atoms with Crippen LogP contribution in [0.25, 0.3) is 6.08 Å². The standard InChI is InChI=1S/C20H17ClN2O4S/c1-2-18-22-23-20(27-18)28-17(19(24)25)11-13-7-4-6-10-16(13)26-12-14-8-3-5-9-15(14)21/h3-11H,2,12H2,1H3,(H,24,25)/p-1/b17-11+. The lowest BCUT2D eigenvalue weighted by Crippen LogP contribution is -2.23. The molecule has 0 amide bonds. The van der Waals surface area contributed by atoms with E-state index in [1.807, 2.05) is 25.1 Å². The molecule has 0 saturated heterocycles. The van der Waals surface area contributed by atoms with Gasteiger partial charge in [-0.15, -0.1) is 10.2 Å². The normalized spacial score (nSPS) is 11.4. The molecule has 0 aliphatic carbocycles. The molecular formula is C20H16ClN2O4S-. The van der Waals surface area contributed by atoms with Gasteiger partial charge in [0.1, 0.15) is 12.4 Å². The number of aromatic nitrogens is 2. The summed E-state index contributed by atoms with van der Waals surface area (Å²) >= 11 is 6.99. The first-order valence-corrected chi connectivity index (χ1v) is 9.64. The highest BCUT2D eigenvalue weighted by Gasteiger charge is 2.11. The summed E-state index contributed by atoms with van der Waals surface area (Å²) in [7, 11) is 0. The van der Waals surface area contributed by atoms with Crippen LogP contribution in [0, 0.1) is 0 Å². The molecule has 0 aliphatic heterocycles. The van der Waals surface area contributed by atoms with E-state index in [-0.39, 0.29) is 16.7 Å². The van der Waals surface area contributed by atoms with Gasteiger partial charge in [-0.05, 0) is 30.0 Å². The van der Waals surface area contributed by atoms with Crippen LogP contribution in [0.15, 0.2) is 63.1 Å². The quantitative estimate of drug-likeness (QED) is 0.409. The lowest BCUT2D eigenvalue weighted by atomic mass is 10.2. The van der Waals surface area contributed by atoms with Crippen molar-refractivity contribution in [3.63, 3.8) is 0 Å². The average Bonchev–Trinajstić information content (AvgIpc) is 3.15. The number of benzene rings is 2. The van der Waals surface area contributed by atoms with Crippen LogP contribution in [-0.4, -0.2) is 16.2 Å². The molecule has 28 heavy (non-hydrogen) atoms. The fraction of sp³-hybridized carbons (Fsp3) is 0.150. The summed E-state index contributed by atoms with van der Waals surface area (Å²) in [5, 5.41) is 20.0. The van der Waals surface area contributed by atoms with E-state index in [4.69, 9.17) is 20.8 Å². The smallest absolute Gasteiger partial charge is 0.281 e. The predicted molar refractivity (Wildman–Crippen MR) is 105 cm³/mol. The number of halogens is 1. The highest BCUT2D eigenvalue weighted by molar-refractivity contribution is 8.03. The number of hydrogen-bond donors (Lipinski definition) is 0. The van der Waals surface area contributed by atoms with Crippen molar-refractivity contribution >= 4 is 35.4 Å². The third-order valence-corrected chi connectivity index (χ3v) is 4.91. The number of aliphatic carboxylic acids is 1. The van der Waals surface area contributed by atoms with E-state index < -0.39 is 5.97 Å². The largest absolute Gasteiger partial charge is 0.544 e. The molecule has 0 fully saturated rings. The van der Waals surface area contributed by atoms with Crippen molar-refractivity contribution in [1.29, 1.82) is 0 Å². The van der Waals surface area contributed by atoms with E-state index in [0.717, 1.165) is 17.3 Å². The molecule has 0 atom stereocenters. The second kappa shape index (κ2) is 9.43. The van der Waals surface area contributed by atoms with E-state index in [1.54, 1.807) is 30.3 Å². The Morgan fingerprint density at radius 2 is 1.96 bits per heavy atom. The summed E-state index contributed by atoms with van der Waals surface area (Å²) in [6.45, 7) is 2.12. The Morgan fingerprint density at radius 1 is 1.21 bits per heavy atom.